The van der Waals surface area contributed by atoms with E-state index in [2.05, 4.69) is 26.6 Å². The first kappa shape index (κ1) is 31.8. The lowest BCUT2D eigenvalue weighted by atomic mass is 10.0. The Morgan fingerprint density at radius 3 is 2.10 bits per heavy atom. The second-order valence-electron chi connectivity index (χ2n) is 10.3. The van der Waals surface area contributed by atoms with Gasteiger partial charge in [-0.2, -0.15) is 0 Å². The highest BCUT2D eigenvalue weighted by molar-refractivity contribution is 9.10. The number of nitrogens with one attached hydrogen (secondary N) is 2. The zero-order chi connectivity index (χ0) is 29.0. The number of hydrogen-bond donors (Lipinski definition) is 2. The van der Waals surface area contributed by atoms with Crippen LogP contribution >= 0.6 is 38.6 Å². The standard InChI is InChI=1S/C29H36BrN3O5S2/c1-28(2,3)32-27(36)38-29(21-34,33(18-24-8-6-16-39-24)19-25-9-7-17-40-25)14-4-5-15-31-26(35)37-20-22-10-12-23(30)13-11-22/h6-13,16-17,21H,4-5,14-15,18-20H2,1-3H3,(H,31,35)(H,32,36)/t29-/m0/s1. The zero-order valence-corrected chi connectivity index (χ0v) is 26.2. The van der Waals surface area contributed by atoms with Crippen molar-refractivity contribution in [2.45, 2.75) is 71.0 Å². The molecular weight excluding hydrogens is 614 g/mol. The van der Waals surface area contributed by atoms with Crippen LogP contribution < -0.4 is 10.6 Å². The van der Waals surface area contributed by atoms with Crippen molar-refractivity contribution in [3.63, 3.8) is 0 Å². The summed E-state index contributed by atoms with van der Waals surface area (Å²) in [6.07, 6.45) is 0.925. The van der Waals surface area contributed by atoms with Gasteiger partial charge in [-0.1, -0.05) is 40.2 Å². The number of carbonyl (C=O) groups is 3. The largest absolute Gasteiger partial charge is 0.445 e. The van der Waals surface area contributed by atoms with Crippen LogP contribution in [0.1, 0.15) is 55.4 Å². The molecule has 2 N–H and O–H groups in total. The van der Waals surface area contributed by atoms with Crippen LogP contribution in [-0.4, -0.2) is 41.2 Å². The third-order valence-electron chi connectivity index (χ3n) is 5.83. The molecule has 0 aliphatic carbocycles. The van der Waals surface area contributed by atoms with Crippen molar-refractivity contribution < 1.29 is 23.9 Å². The van der Waals surface area contributed by atoms with Crippen molar-refractivity contribution in [1.29, 1.82) is 0 Å². The first-order chi connectivity index (χ1) is 19.1. The quantitative estimate of drug-likeness (QED) is 0.110. The van der Waals surface area contributed by atoms with Gasteiger partial charge in [-0.25, -0.2) is 14.5 Å². The van der Waals surface area contributed by atoms with E-state index in [1.807, 2.05) is 85.0 Å². The maximum absolute atomic E-state index is 12.9. The van der Waals surface area contributed by atoms with Gasteiger partial charge in [0.15, 0.2) is 6.29 Å². The Balaban J connectivity index is 1.65. The van der Waals surface area contributed by atoms with E-state index < -0.39 is 23.5 Å². The van der Waals surface area contributed by atoms with Gasteiger partial charge in [0.25, 0.3) is 0 Å². The van der Waals surface area contributed by atoms with Crippen LogP contribution in [0.25, 0.3) is 0 Å². The summed E-state index contributed by atoms with van der Waals surface area (Å²) in [4.78, 5) is 41.9. The Morgan fingerprint density at radius 2 is 1.57 bits per heavy atom. The molecular formula is C29H36BrN3O5S2. The molecule has 3 rings (SSSR count). The molecule has 0 radical (unpaired) electrons. The summed E-state index contributed by atoms with van der Waals surface area (Å²) in [5.41, 5.74) is -1.14. The van der Waals surface area contributed by atoms with Crippen LogP contribution in [0.3, 0.4) is 0 Å². The molecule has 0 saturated carbocycles. The fraction of sp³-hybridized carbons (Fsp3) is 0.414. The summed E-state index contributed by atoms with van der Waals surface area (Å²) in [5.74, 6) is 0. The number of hydrogen-bond acceptors (Lipinski definition) is 8. The Morgan fingerprint density at radius 1 is 0.950 bits per heavy atom. The molecule has 2 heterocycles. The molecule has 0 unspecified atom stereocenters. The van der Waals surface area contributed by atoms with E-state index in [-0.39, 0.29) is 13.0 Å². The van der Waals surface area contributed by atoms with Crippen molar-refractivity contribution >= 4 is 57.1 Å². The molecule has 0 spiro atoms. The number of benzene rings is 1. The summed E-state index contributed by atoms with van der Waals surface area (Å²) in [7, 11) is 0. The van der Waals surface area contributed by atoms with E-state index in [1.165, 1.54) is 0 Å². The normalized spacial score (nSPS) is 12.9. The van der Waals surface area contributed by atoms with Crippen LogP contribution in [0, 0.1) is 0 Å². The minimum absolute atomic E-state index is 0.171. The number of ether oxygens (including phenoxy) is 2. The van der Waals surface area contributed by atoms with Crippen LogP contribution in [0.5, 0.6) is 0 Å². The number of unbranched alkanes of at least 4 members (excludes halogenated alkanes) is 1. The van der Waals surface area contributed by atoms with E-state index in [0.717, 1.165) is 26.1 Å². The zero-order valence-electron chi connectivity index (χ0n) is 23.0. The lowest BCUT2D eigenvalue weighted by Crippen LogP contribution is -2.55. The predicted molar refractivity (Wildman–Crippen MR) is 162 cm³/mol. The van der Waals surface area contributed by atoms with Gasteiger partial charge in [0.05, 0.1) is 0 Å². The topological polar surface area (TPSA) is 97.0 Å². The molecule has 0 fully saturated rings. The van der Waals surface area contributed by atoms with E-state index >= 15 is 0 Å². The minimum Gasteiger partial charge on any atom is -0.445 e. The smallest absolute Gasteiger partial charge is 0.409 e. The Kier molecular flexibility index (Phi) is 12.2. The van der Waals surface area contributed by atoms with Crippen molar-refractivity contribution in [3.8, 4) is 0 Å². The molecule has 3 aromatic rings. The van der Waals surface area contributed by atoms with Crippen molar-refractivity contribution in [2.24, 2.45) is 0 Å². The number of carbonyl (C=O) groups excluding carboxylic acids is 3. The number of alkyl carbamates (subject to hydrolysis) is 2. The summed E-state index contributed by atoms with van der Waals surface area (Å²) < 4.78 is 12.2. The molecule has 0 aliphatic heterocycles. The van der Waals surface area contributed by atoms with Crippen molar-refractivity contribution in [3.05, 3.63) is 79.1 Å². The molecule has 216 valence electrons. The van der Waals surface area contributed by atoms with Gasteiger partial charge in [0, 0.05) is 45.8 Å². The number of halogens is 1. The third-order valence-corrected chi connectivity index (χ3v) is 8.08. The average molecular weight is 651 g/mol. The van der Waals surface area contributed by atoms with Crippen LogP contribution in [0.15, 0.2) is 63.8 Å². The number of rotatable bonds is 14. The Labute approximate surface area is 252 Å². The summed E-state index contributed by atoms with van der Waals surface area (Å²) >= 11 is 6.55. The van der Waals surface area contributed by atoms with E-state index in [0.29, 0.717) is 32.5 Å². The Bertz CT molecular complexity index is 1160. The molecule has 1 atom stereocenters. The summed E-state index contributed by atoms with van der Waals surface area (Å²) in [6, 6.07) is 15.5. The molecule has 2 amide bonds. The molecule has 1 aromatic carbocycles. The monoisotopic (exact) mass is 649 g/mol. The van der Waals surface area contributed by atoms with Gasteiger partial charge in [0.1, 0.15) is 6.61 Å². The van der Waals surface area contributed by atoms with Gasteiger partial charge < -0.3 is 20.1 Å². The molecule has 2 aromatic heterocycles. The van der Waals surface area contributed by atoms with Crippen LogP contribution in [-0.2, 0) is 34.0 Å². The predicted octanol–water partition coefficient (Wildman–Crippen LogP) is 7.09. The first-order valence-corrected chi connectivity index (χ1v) is 15.6. The SMILES string of the molecule is CC(C)(C)NC(=O)O[C@](C=O)(CCCCNC(=O)OCc1ccc(Br)cc1)N(Cc1cccs1)Cc1cccs1. The molecule has 0 aliphatic rings. The molecule has 0 saturated heterocycles. The minimum atomic E-state index is -1.49. The fourth-order valence-corrected chi connectivity index (χ4v) is 5.61. The van der Waals surface area contributed by atoms with E-state index in [4.69, 9.17) is 9.47 Å². The van der Waals surface area contributed by atoms with E-state index in [9.17, 15) is 14.4 Å². The highest BCUT2D eigenvalue weighted by Gasteiger charge is 2.41. The first-order valence-electron chi connectivity index (χ1n) is 13.0. The maximum atomic E-state index is 12.9. The highest BCUT2D eigenvalue weighted by atomic mass is 79.9. The van der Waals surface area contributed by atoms with Crippen molar-refractivity contribution in [2.75, 3.05) is 6.54 Å². The lowest BCUT2D eigenvalue weighted by Gasteiger charge is -2.39. The van der Waals surface area contributed by atoms with Gasteiger partial charge in [-0.05, 0) is 74.2 Å². The number of amides is 2. The van der Waals surface area contributed by atoms with Gasteiger partial charge >= 0.3 is 12.2 Å². The van der Waals surface area contributed by atoms with Gasteiger partial charge in [-0.3, -0.25) is 4.79 Å². The Hall–Kier alpha value is -2.73. The fourth-order valence-electron chi connectivity index (χ4n) is 3.90. The highest BCUT2D eigenvalue weighted by Crippen LogP contribution is 2.29. The average Bonchev–Trinajstić information content (AvgIpc) is 3.61. The molecule has 8 nitrogen and oxygen atoms in total. The second kappa shape index (κ2) is 15.3. The van der Waals surface area contributed by atoms with E-state index in [1.54, 1.807) is 22.7 Å². The third kappa shape index (κ3) is 10.7. The second-order valence-corrected chi connectivity index (χ2v) is 13.3. The number of thiophene rings is 2. The van der Waals surface area contributed by atoms with Crippen LogP contribution in [0.4, 0.5) is 9.59 Å². The summed E-state index contributed by atoms with van der Waals surface area (Å²) in [6.45, 7) is 6.98. The number of aldehydes is 1. The lowest BCUT2D eigenvalue weighted by molar-refractivity contribution is -0.154. The van der Waals surface area contributed by atoms with Gasteiger partial charge in [0.2, 0.25) is 5.72 Å². The molecule has 11 heteroatoms. The summed E-state index contributed by atoms with van der Waals surface area (Å²) in [5, 5.41) is 9.53. The van der Waals surface area contributed by atoms with Crippen molar-refractivity contribution in [1.82, 2.24) is 15.5 Å². The maximum Gasteiger partial charge on any atom is 0.409 e. The van der Waals surface area contributed by atoms with Crippen LogP contribution in [0.2, 0.25) is 0 Å². The number of nitrogens with zero attached hydrogens (tertiary/aromatic N) is 1. The molecule has 40 heavy (non-hydrogen) atoms. The van der Waals surface area contributed by atoms with Gasteiger partial charge in [-0.15, -0.1) is 22.7 Å². The molecule has 0 bridgehead atoms.